The van der Waals surface area contributed by atoms with Gasteiger partial charge in [-0.25, -0.2) is 8.78 Å². The standard InChI is InChI=1S/C20H30F2O5/c1-2-3-6-13(21)14(23)10-9-12-15(24)11-17-19(12)20(22)16(27-17)7-4-5-8-18(25)26/h4,7,9-10,12-17,19-20,23-24H,2-3,5-6,8,11H2,1H3,(H,25,26)/b7-4+,10-9+/t12-,13?,14+,15+,16+,17+,19+,20?/m0/s1. The zero-order chi connectivity index (χ0) is 20.0. The number of ether oxygens (including phenoxy) is 1. The van der Waals surface area contributed by atoms with Crippen molar-refractivity contribution in [2.24, 2.45) is 11.8 Å². The largest absolute Gasteiger partial charge is 0.481 e. The lowest BCUT2D eigenvalue weighted by atomic mass is 9.88. The number of aliphatic carboxylic acids is 1. The summed E-state index contributed by atoms with van der Waals surface area (Å²) in [6.45, 7) is 1.94. The van der Waals surface area contributed by atoms with Crippen LogP contribution in [0.1, 0.15) is 45.4 Å². The molecule has 8 atom stereocenters. The second-order valence-corrected chi connectivity index (χ2v) is 7.44. The van der Waals surface area contributed by atoms with Crippen molar-refractivity contribution < 1.29 is 33.6 Å². The Morgan fingerprint density at radius 1 is 1.37 bits per heavy atom. The number of carboxylic acid groups (broad SMARTS) is 1. The first-order valence-electron chi connectivity index (χ1n) is 9.71. The third-order valence-corrected chi connectivity index (χ3v) is 5.39. The van der Waals surface area contributed by atoms with Gasteiger partial charge in [0.05, 0.1) is 12.2 Å². The van der Waals surface area contributed by atoms with Gasteiger partial charge in [-0.05, 0) is 12.8 Å². The second-order valence-electron chi connectivity index (χ2n) is 7.44. The highest BCUT2D eigenvalue weighted by atomic mass is 19.1. The first kappa shape index (κ1) is 22.0. The van der Waals surface area contributed by atoms with Gasteiger partial charge in [0, 0.05) is 24.7 Å². The van der Waals surface area contributed by atoms with Crippen molar-refractivity contribution in [2.45, 2.75) is 82.2 Å². The molecule has 2 fully saturated rings. The summed E-state index contributed by atoms with van der Waals surface area (Å²) in [5.74, 6) is -2.03. The minimum atomic E-state index is -1.37. The van der Waals surface area contributed by atoms with Crippen LogP contribution >= 0.6 is 0 Å². The molecule has 0 radical (unpaired) electrons. The number of carbonyl (C=O) groups is 1. The fourth-order valence-electron chi connectivity index (χ4n) is 3.89. The summed E-state index contributed by atoms with van der Waals surface area (Å²) in [7, 11) is 0. The number of aliphatic hydroxyl groups is 2. The molecule has 27 heavy (non-hydrogen) atoms. The van der Waals surface area contributed by atoms with E-state index in [0.29, 0.717) is 12.8 Å². The van der Waals surface area contributed by atoms with Crippen LogP contribution in [0, 0.1) is 11.8 Å². The summed E-state index contributed by atoms with van der Waals surface area (Å²) in [5, 5.41) is 28.7. The van der Waals surface area contributed by atoms with E-state index in [4.69, 9.17) is 9.84 Å². The Kier molecular flexibility index (Phi) is 8.38. The average molecular weight is 388 g/mol. The van der Waals surface area contributed by atoms with Crippen LogP contribution in [0.25, 0.3) is 0 Å². The molecule has 2 rings (SSSR count). The van der Waals surface area contributed by atoms with E-state index in [2.05, 4.69) is 0 Å². The van der Waals surface area contributed by atoms with Gasteiger partial charge in [0.15, 0.2) is 0 Å². The molecule has 1 heterocycles. The molecule has 0 aromatic rings. The van der Waals surface area contributed by atoms with Gasteiger partial charge in [0.2, 0.25) is 0 Å². The molecule has 0 bridgehead atoms. The van der Waals surface area contributed by atoms with Crippen molar-refractivity contribution in [2.75, 3.05) is 0 Å². The van der Waals surface area contributed by atoms with Gasteiger partial charge in [0.25, 0.3) is 0 Å². The quantitative estimate of drug-likeness (QED) is 0.501. The van der Waals surface area contributed by atoms with Crippen molar-refractivity contribution in [1.82, 2.24) is 0 Å². The molecule has 1 saturated carbocycles. The maximum atomic E-state index is 14.8. The number of alkyl halides is 2. The van der Waals surface area contributed by atoms with Crippen molar-refractivity contribution in [3.8, 4) is 0 Å². The number of hydrogen-bond donors (Lipinski definition) is 3. The molecule has 2 aliphatic rings. The maximum absolute atomic E-state index is 14.8. The van der Waals surface area contributed by atoms with Gasteiger partial charge >= 0.3 is 5.97 Å². The number of fused-ring (bicyclic) bond motifs is 1. The summed E-state index contributed by atoms with van der Waals surface area (Å²) < 4.78 is 34.4. The van der Waals surface area contributed by atoms with Crippen molar-refractivity contribution >= 4 is 5.97 Å². The number of unbranched alkanes of at least 4 members (excludes halogenated alkanes) is 1. The van der Waals surface area contributed by atoms with Crippen LogP contribution in [0.5, 0.6) is 0 Å². The predicted molar refractivity (Wildman–Crippen MR) is 96.7 cm³/mol. The van der Waals surface area contributed by atoms with Gasteiger partial charge < -0.3 is 20.1 Å². The highest BCUT2D eigenvalue weighted by Gasteiger charge is 2.54. The topological polar surface area (TPSA) is 87.0 Å². The zero-order valence-corrected chi connectivity index (χ0v) is 15.6. The number of aliphatic hydroxyl groups excluding tert-OH is 2. The molecule has 5 nitrogen and oxygen atoms in total. The number of rotatable bonds is 10. The molecule has 0 aromatic carbocycles. The number of halogens is 2. The van der Waals surface area contributed by atoms with Gasteiger partial charge in [-0.1, -0.05) is 44.1 Å². The first-order valence-corrected chi connectivity index (χ1v) is 9.71. The Labute approximate surface area is 158 Å². The molecule has 7 heteroatoms. The lowest BCUT2D eigenvalue weighted by molar-refractivity contribution is -0.136. The molecule has 1 aliphatic heterocycles. The molecule has 0 amide bonds. The lowest BCUT2D eigenvalue weighted by Gasteiger charge is -2.21. The van der Waals surface area contributed by atoms with E-state index in [1.807, 2.05) is 6.92 Å². The molecule has 1 saturated heterocycles. The summed E-state index contributed by atoms with van der Waals surface area (Å²) in [5.41, 5.74) is 0. The van der Waals surface area contributed by atoms with E-state index < -0.39 is 54.6 Å². The van der Waals surface area contributed by atoms with Gasteiger partial charge in [-0.2, -0.15) is 0 Å². The predicted octanol–water partition coefficient (Wildman–Crippen LogP) is 2.96. The molecule has 1 aliphatic carbocycles. The van der Waals surface area contributed by atoms with Crippen LogP contribution in [0.15, 0.2) is 24.3 Å². The molecular formula is C20H30F2O5. The molecule has 2 unspecified atom stereocenters. The van der Waals surface area contributed by atoms with Crippen LogP contribution in [0.3, 0.4) is 0 Å². The van der Waals surface area contributed by atoms with E-state index in [9.17, 15) is 23.8 Å². The monoisotopic (exact) mass is 388 g/mol. The lowest BCUT2D eigenvalue weighted by Crippen LogP contribution is -2.29. The van der Waals surface area contributed by atoms with E-state index in [-0.39, 0.29) is 19.3 Å². The van der Waals surface area contributed by atoms with Gasteiger partial charge in [-0.3, -0.25) is 4.79 Å². The Morgan fingerprint density at radius 2 is 2.11 bits per heavy atom. The summed E-state index contributed by atoms with van der Waals surface area (Å²) in [4.78, 5) is 10.5. The number of carboxylic acids is 1. The fourth-order valence-corrected chi connectivity index (χ4v) is 3.89. The van der Waals surface area contributed by atoms with E-state index >= 15 is 0 Å². The van der Waals surface area contributed by atoms with Crippen LogP contribution in [-0.2, 0) is 9.53 Å². The zero-order valence-electron chi connectivity index (χ0n) is 15.6. The van der Waals surface area contributed by atoms with Crippen molar-refractivity contribution in [3.63, 3.8) is 0 Å². The van der Waals surface area contributed by atoms with E-state index in [1.165, 1.54) is 18.2 Å². The van der Waals surface area contributed by atoms with Crippen LogP contribution in [0.4, 0.5) is 8.78 Å². The maximum Gasteiger partial charge on any atom is 0.303 e. The van der Waals surface area contributed by atoms with E-state index in [0.717, 1.165) is 6.42 Å². The number of allylic oxidation sites excluding steroid dienone is 1. The molecule has 0 spiro atoms. The Hall–Kier alpha value is -1.31. The van der Waals surface area contributed by atoms with Crippen molar-refractivity contribution in [3.05, 3.63) is 24.3 Å². The molecule has 3 N–H and O–H groups in total. The minimum Gasteiger partial charge on any atom is -0.481 e. The van der Waals surface area contributed by atoms with E-state index in [1.54, 1.807) is 6.08 Å². The Morgan fingerprint density at radius 3 is 2.78 bits per heavy atom. The van der Waals surface area contributed by atoms with Crippen LogP contribution in [0.2, 0.25) is 0 Å². The highest BCUT2D eigenvalue weighted by molar-refractivity contribution is 5.66. The fraction of sp³-hybridized carbons (Fsp3) is 0.750. The average Bonchev–Trinajstić information content (AvgIpc) is 3.09. The minimum absolute atomic E-state index is 0.0303. The van der Waals surface area contributed by atoms with Gasteiger partial charge in [0.1, 0.15) is 24.6 Å². The van der Waals surface area contributed by atoms with Crippen LogP contribution < -0.4 is 0 Å². The summed E-state index contributed by atoms with van der Waals surface area (Å²) >= 11 is 0. The summed E-state index contributed by atoms with van der Waals surface area (Å²) in [6, 6.07) is 0. The molecule has 0 aromatic heterocycles. The first-order chi connectivity index (χ1) is 12.8. The second kappa shape index (κ2) is 10.3. The van der Waals surface area contributed by atoms with Gasteiger partial charge in [-0.15, -0.1) is 0 Å². The third kappa shape index (κ3) is 5.83. The Balaban J connectivity index is 1.94. The SMILES string of the molecule is CCCCC(F)[C@H](O)/C=C/[C@@H]1[C@H]2C(F)[C@@H](/C=C/CCC(=O)O)O[C@@H]2C[C@H]1O. The highest BCUT2D eigenvalue weighted by Crippen LogP contribution is 2.46. The molecule has 154 valence electrons. The van der Waals surface area contributed by atoms with Crippen molar-refractivity contribution in [1.29, 1.82) is 0 Å². The van der Waals surface area contributed by atoms with Crippen LogP contribution in [-0.4, -0.2) is 58.0 Å². The summed E-state index contributed by atoms with van der Waals surface area (Å²) in [6.07, 6.45) is 2.29. The number of hydrogen-bond acceptors (Lipinski definition) is 4. The smallest absolute Gasteiger partial charge is 0.303 e. The third-order valence-electron chi connectivity index (χ3n) is 5.39. The Bertz CT molecular complexity index is 538. The molecular weight excluding hydrogens is 358 g/mol. The normalized spacial score (nSPS) is 35.7.